The maximum absolute atomic E-state index is 13.2. The summed E-state index contributed by atoms with van der Waals surface area (Å²) < 4.78 is 1.69. The fourth-order valence-electron chi connectivity index (χ4n) is 3.36. The summed E-state index contributed by atoms with van der Waals surface area (Å²) in [5.41, 5.74) is 5.11. The van der Waals surface area contributed by atoms with Crippen LogP contribution in [0.5, 0.6) is 0 Å². The molecule has 0 spiro atoms. The average Bonchev–Trinajstić information content (AvgIpc) is 3.25. The lowest BCUT2D eigenvalue weighted by atomic mass is 10.1. The van der Waals surface area contributed by atoms with Crippen molar-refractivity contribution in [3.8, 4) is 5.69 Å². The van der Waals surface area contributed by atoms with Crippen molar-refractivity contribution in [2.45, 2.75) is 25.5 Å². The van der Waals surface area contributed by atoms with Gasteiger partial charge in [-0.2, -0.15) is 4.68 Å². The van der Waals surface area contributed by atoms with Gasteiger partial charge in [-0.15, -0.1) is 5.10 Å². The molecule has 0 atom stereocenters. The van der Waals surface area contributed by atoms with Gasteiger partial charge in [0.05, 0.1) is 18.0 Å². The molecule has 1 amide bonds. The standard InChI is InChI=1S/C24H23N5OS/c1-18-13-14-22(19(2)15-18)29-24(25-26-27-29)31-17-23(30)28(21-11-7-4-8-12-21)16-20-9-5-3-6-10-20/h3-15H,16-17H2,1-2H3. The lowest BCUT2D eigenvalue weighted by molar-refractivity contribution is -0.116. The quantitative estimate of drug-likeness (QED) is 0.402. The van der Waals surface area contributed by atoms with Crippen LogP contribution in [0.3, 0.4) is 0 Å². The molecular weight excluding hydrogens is 406 g/mol. The van der Waals surface area contributed by atoms with Crippen molar-refractivity contribution in [3.63, 3.8) is 0 Å². The van der Waals surface area contributed by atoms with E-state index in [1.165, 1.54) is 17.3 Å². The van der Waals surface area contributed by atoms with Gasteiger partial charge in [0.25, 0.3) is 0 Å². The molecule has 0 radical (unpaired) electrons. The molecule has 0 unspecified atom stereocenters. The first-order chi connectivity index (χ1) is 15.1. The van der Waals surface area contributed by atoms with E-state index < -0.39 is 0 Å². The molecule has 4 aromatic rings. The molecule has 0 aliphatic heterocycles. The van der Waals surface area contributed by atoms with Gasteiger partial charge in [-0.25, -0.2) is 0 Å². The number of carbonyl (C=O) groups is 1. The molecule has 7 heteroatoms. The number of hydrogen-bond donors (Lipinski definition) is 0. The Morgan fingerprint density at radius 2 is 1.68 bits per heavy atom. The number of carbonyl (C=O) groups excluding carboxylic acids is 1. The van der Waals surface area contributed by atoms with E-state index in [1.54, 1.807) is 9.58 Å². The predicted octanol–water partition coefficient (Wildman–Crippen LogP) is 4.60. The zero-order valence-corrected chi connectivity index (χ0v) is 18.3. The summed E-state index contributed by atoms with van der Waals surface area (Å²) in [5.74, 6) is 0.225. The number of anilines is 1. The lowest BCUT2D eigenvalue weighted by Gasteiger charge is -2.23. The molecule has 0 saturated heterocycles. The Morgan fingerprint density at radius 3 is 2.39 bits per heavy atom. The summed E-state index contributed by atoms with van der Waals surface area (Å²) in [4.78, 5) is 15.0. The van der Waals surface area contributed by atoms with Crippen LogP contribution in [-0.2, 0) is 11.3 Å². The highest BCUT2D eigenvalue weighted by Gasteiger charge is 2.19. The fraction of sp³-hybridized carbons (Fsp3) is 0.167. The van der Waals surface area contributed by atoms with Crippen LogP contribution >= 0.6 is 11.8 Å². The molecular formula is C24H23N5OS. The smallest absolute Gasteiger partial charge is 0.237 e. The molecule has 0 fully saturated rings. The van der Waals surface area contributed by atoms with Gasteiger partial charge in [0, 0.05) is 5.69 Å². The van der Waals surface area contributed by atoms with Crippen LogP contribution in [0.4, 0.5) is 5.69 Å². The summed E-state index contributed by atoms with van der Waals surface area (Å²) in [6.07, 6.45) is 0. The average molecular weight is 430 g/mol. The largest absolute Gasteiger partial charge is 0.307 e. The van der Waals surface area contributed by atoms with Crippen molar-refractivity contribution in [1.82, 2.24) is 20.2 Å². The number of benzene rings is 3. The Morgan fingerprint density at radius 1 is 0.968 bits per heavy atom. The highest BCUT2D eigenvalue weighted by atomic mass is 32.2. The molecule has 6 nitrogen and oxygen atoms in total. The van der Waals surface area contributed by atoms with Crippen LogP contribution in [0.15, 0.2) is 84.0 Å². The van der Waals surface area contributed by atoms with Crippen LogP contribution in [0.1, 0.15) is 16.7 Å². The van der Waals surface area contributed by atoms with E-state index in [0.29, 0.717) is 11.7 Å². The van der Waals surface area contributed by atoms with Crippen molar-refractivity contribution in [3.05, 3.63) is 95.6 Å². The third-order valence-electron chi connectivity index (χ3n) is 4.90. The zero-order chi connectivity index (χ0) is 21.6. The lowest BCUT2D eigenvalue weighted by Crippen LogP contribution is -2.32. The third-order valence-corrected chi connectivity index (χ3v) is 5.80. The second kappa shape index (κ2) is 9.57. The Balaban J connectivity index is 1.53. The summed E-state index contributed by atoms with van der Waals surface area (Å²) >= 11 is 1.34. The van der Waals surface area contributed by atoms with Gasteiger partial charge < -0.3 is 4.90 Å². The van der Waals surface area contributed by atoms with Crippen molar-refractivity contribution in [2.75, 3.05) is 10.7 Å². The van der Waals surface area contributed by atoms with E-state index in [4.69, 9.17) is 0 Å². The first-order valence-electron chi connectivity index (χ1n) is 10.00. The first-order valence-corrected chi connectivity index (χ1v) is 11.0. The van der Waals surface area contributed by atoms with E-state index in [0.717, 1.165) is 22.5 Å². The predicted molar refractivity (Wildman–Crippen MR) is 123 cm³/mol. The van der Waals surface area contributed by atoms with Crippen molar-refractivity contribution >= 4 is 23.4 Å². The number of tetrazole rings is 1. The zero-order valence-electron chi connectivity index (χ0n) is 17.5. The second-order valence-corrected chi connectivity index (χ2v) is 8.20. The number of rotatable bonds is 7. The topological polar surface area (TPSA) is 63.9 Å². The van der Waals surface area contributed by atoms with Crippen LogP contribution in [0.25, 0.3) is 5.69 Å². The molecule has 1 aromatic heterocycles. The summed E-state index contributed by atoms with van der Waals surface area (Å²) in [5, 5.41) is 12.7. The molecule has 0 saturated carbocycles. The Kier molecular flexibility index (Phi) is 6.43. The van der Waals surface area contributed by atoms with Gasteiger partial charge in [-0.05, 0) is 53.6 Å². The number of para-hydroxylation sites is 1. The minimum atomic E-state index is -0.00442. The molecule has 1 heterocycles. The van der Waals surface area contributed by atoms with E-state index in [9.17, 15) is 4.79 Å². The Hall–Kier alpha value is -3.45. The molecule has 156 valence electrons. The highest BCUT2D eigenvalue weighted by molar-refractivity contribution is 7.99. The molecule has 0 N–H and O–H groups in total. The third kappa shape index (κ3) is 5.00. The molecule has 3 aromatic carbocycles. The number of thioether (sulfide) groups is 1. The minimum absolute atomic E-state index is 0.00442. The van der Waals surface area contributed by atoms with Crippen molar-refractivity contribution < 1.29 is 4.79 Å². The van der Waals surface area contributed by atoms with Crippen LogP contribution < -0.4 is 4.90 Å². The maximum atomic E-state index is 13.2. The highest BCUT2D eigenvalue weighted by Crippen LogP contribution is 2.24. The summed E-state index contributed by atoms with van der Waals surface area (Å²) in [6, 6.07) is 25.8. The van der Waals surface area contributed by atoms with Crippen molar-refractivity contribution in [1.29, 1.82) is 0 Å². The Bertz CT molecular complexity index is 1160. The molecule has 31 heavy (non-hydrogen) atoms. The van der Waals surface area contributed by atoms with Gasteiger partial charge in [0.1, 0.15) is 0 Å². The number of nitrogens with zero attached hydrogens (tertiary/aromatic N) is 5. The second-order valence-electron chi connectivity index (χ2n) is 7.25. The Labute approximate surface area is 185 Å². The monoisotopic (exact) mass is 429 g/mol. The maximum Gasteiger partial charge on any atom is 0.237 e. The van der Waals surface area contributed by atoms with Crippen molar-refractivity contribution in [2.24, 2.45) is 0 Å². The molecule has 0 aliphatic rings. The number of aryl methyl sites for hydroxylation is 2. The number of hydrogen-bond acceptors (Lipinski definition) is 5. The number of aromatic nitrogens is 4. The van der Waals surface area contributed by atoms with E-state index >= 15 is 0 Å². The van der Waals surface area contributed by atoms with Gasteiger partial charge in [-0.1, -0.05) is 78.0 Å². The van der Waals surface area contributed by atoms with Gasteiger partial charge >= 0.3 is 0 Å². The van der Waals surface area contributed by atoms with Gasteiger partial charge in [0.15, 0.2) is 0 Å². The van der Waals surface area contributed by atoms with E-state index in [2.05, 4.69) is 28.5 Å². The number of amides is 1. The molecule has 0 aliphatic carbocycles. The van der Waals surface area contributed by atoms with E-state index in [-0.39, 0.29) is 11.7 Å². The SMILES string of the molecule is Cc1ccc(-n2nnnc2SCC(=O)N(Cc2ccccc2)c2ccccc2)c(C)c1. The normalized spacial score (nSPS) is 10.8. The van der Waals surface area contributed by atoms with E-state index in [1.807, 2.05) is 79.7 Å². The molecule has 0 bridgehead atoms. The molecule has 4 rings (SSSR count). The summed E-state index contributed by atoms with van der Waals surface area (Å²) in [6.45, 7) is 4.59. The van der Waals surface area contributed by atoms with Crippen LogP contribution in [0, 0.1) is 13.8 Å². The van der Waals surface area contributed by atoms with Gasteiger partial charge in [-0.3, -0.25) is 4.79 Å². The van der Waals surface area contributed by atoms with Gasteiger partial charge in [0.2, 0.25) is 11.1 Å². The fourth-order valence-corrected chi connectivity index (χ4v) is 4.12. The van der Waals surface area contributed by atoms with Crippen LogP contribution in [0.2, 0.25) is 0 Å². The van der Waals surface area contributed by atoms with Crippen LogP contribution in [-0.4, -0.2) is 31.9 Å². The first kappa shape index (κ1) is 20.8. The minimum Gasteiger partial charge on any atom is -0.307 e. The summed E-state index contributed by atoms with van der Waals surface area (Å²) in [7, 11) is 0.